The zero-order chi connectivity index (χ0) is 8.39. The summed E-state index contributed by atoms with van der Waals surface area (Å²) in [6, 6.07) is 6.03. The molecule has 1 aliphatic heterocycles. The van der Waals surface area contributed by atoms with Gasteiger partial charge in [-0.3, -0.25) is 4.98 Å². The molecule has 0 fully saturated rings. The number of aromatic nitrogens is 1. The van der Waals surface area contributed by atoms with E-state index in [1.54, 1.807) is 0 Å². The van der Waals surface area contributed by atoms with Crippen LogP contribution in [0.1, 0.15) is 0 Å². The van der Waals surface area contributed by atoms with Crippen molar-refractivity contribution < 1.29 is 0 Å². The molecule has 0 bridgehead atoms. The van der Waals surface area contributed by atoms with E-state index in [1.165, 1.54) is 3.81 Å². The summed E-state index contributed by atoms with van der Waals surface area (Å²) in [6.07, 6.45) is 5.99. The van der Waals surface area contributed by atoms with Crippen LogP contribution in [-0.4, -0.2) is 4.98 Å². The molecule has 0 aromatic carbocycles. The van der Waals surface area contributed by atoms with Crippen LogP contribution in [-0.2, 0) is 0 Å². The fourth-order valence-electron chi connectivity index (χ4n) is 1.04. The van der Waals surface area contributed by atoms with Crippen molar-refractivity contribution >= 4 is 26.8 Å². The van der Waals surface area contributed by atoms with Crippen LogP contribution in [0.5, 0.6) is 0 Å². The number of nitrogens with zero attached hydrogens (tertiary/aromatic N) is 1. The Hall–Kier alpha value is -0.540. The van der Waals surface area contributed by atoms with Gasteiger partial charge in [0.15, 0.2) is 0 Å². The van der Waals surface area contributed by atoms with E-state index in [9.17, 15) is 0 Å². The molecule has 0 N–H and O–H groups in total. The SMILES string of the molecule is BrC1=CC=C[SH]1c1ccccn1. The van der Waals surface area contributed by atoms with Crippen LogP contribution in [0.3, 0.4) is 0 Å². The van der Waals surface area contributed by atoms with Crippen molar-refractivity contribution in [3.8, 4) is 0 Å². The van der Waals surface area contributed by atoms with Gasteiger partial charge < -0.3 is 0 Å². The van der Waals surface area contributed by atoms with E-state index in [2.05, 4.69) is 44.5 Å². The maximum atomic E-state index is 4.32. The molecule has 2 rings (SSSR count). The zero-order valence-corrected chi connectivity index (χ0v) is 8.79. The predicted octanol–water partition coefficient (Wildman–Crippen LogP) is 3.21. The summed E-state index contributed by atoms with van der Waals surface area (Å²) in [4.78, 5) is 4.32. The third-order valence-electron chi connectivity index (χ3n) is 1.60. The van der Waals surface area contributed by atoms with Gasteiger partial charge in [0.25, 0.3) is 0 Å². The average Bonchev–Trinajstić information content (AvgIpc) is 2.53. The summed E-state index contributed by atoms with van der Waals surface area (Å²) in [5.41, 5.74) is 0. The number of halogens is 1. The summed E-state index contributed by atoms with van der Waals surface area (Å²) >= 11 is 3.53. The topological polar surface area (TPSA) is 12.9 Å². The molecule has 3 heteroatoms. The van der Waals surface area contributed by atoms with Gasteiger partial charge in [0.2, 0.25) is 0 Å². The van der Waals surface area contributed by atoms with Crippen molar-refractivity contribution in [3.63, 3.8) is 0 Å². The molecule has 0 spiro atoms. The highest BCUT2D eigenvalue weighted by Gasteiger charge is 2.10. The van der Waals surface area contributed by atoms with Crippen LogP contribution in [0.25, 0.3) is 0 Å². The Bertz CT molecular complexity index is 332. The van der Waals surface area contributed by atoms with E-state index in [0.717, 1.165) is 5.03 Å². The zero-order valence-electron chi connectivity index (χ0n) is 6.31. The lowest BCUT2D eigenvalue weighted by Gasteiger charge is -2.11. The fraction of sp³-hybridized carbons (Fsp3) is 0. The van der Waals surface area contributed by atoms with Gasteiger partial charge in [-0.05, 0) is 39.5 Å². The number of rotatable bonds is 1. The molecule has 1 unspecified atom stereocenters. The van der Waals surface area contributed by atoms with Crippen molar-refractivity contribution in [2.75, 3.05) is 0 Å². The van der Waals surface area contributed by atoms with Gasteiger partial charge in [0, 0.05) is 10.0 Å². The Kier molecular flexibility index (Phi) is 2.33. The fourth-order valence-corrected chi connectivity index (χ4v) is 3.55. The lowest BCUT2D eigenvalue weighted by Crippen LogP contribution is -1.80. The van der Waals surface area contributed by atoms with E-state index in [4.69, 9.17) is 0 Å². The van der Waals surface area contributed by atoms with Crippen molar-refractivity contribution in [2.24, 2.45) is 0 Å². The minimum Gasteiger partial charge on any atom is -0.251 e. The van der Waals surface area contributed by atoms with E-state index in [1.807, 2.05) is 18.3 Å². The Morgan fingerprint density at radius 3 is 2.83 bits per heavy atom. The molecule has 0 saturated carbocycles. The van der Waals surface area contributed by atoms with Gasteiger partial charge in [-0.25, -0.2) is 0 Å². The van der Waals surface area contributed by atoms with E-state index < -0.39 is 0 Å². The third-order valence-corrected chi connectivity index (χ3v) is 4.84. The molecule has 1 aliphatic rings. The second-order valence-corrected chi connectivity index (χ2v) is 5.83. The van der Waals surface area contributed by atoms with Crippen LogP contribution in [0.15, 0.2) is 50.8 Å². The second-order valence-electron chi connectivity index (χ2n) is 2.39. The van der Waals surface area contributed by atoms with Crippen LogP contribution in [0.4, 0.5) is 0 Å². The van der Waals surface area contributed by atoms with Crippen LogP contribution < -0.4 is 0 Å². The predicted molar refractivity (Wildman–Crippen MR) is 57.6 cm³/mol. The molecule has 1 nitrogen and oxygen atoms in total. The summed E-state index contributed by atoms with van der Waals surface area (Å²) in [5, 5.41) is 3.35. The molecule has 62 valence electrons. The largest absolute Gasteiger partial charge is 0.251 e. The summed E-state index contributed by atoms with van der Waals surface area (Å²) < 4.78 is 1.25. The standard InChI is InChI=1S/C9H8BrNS/c10-8-4-3-7-12(8)9-5-1-2-6-11-9/h1-7,12H. The maximum Gasteiger partial charge on any atom is 0.0843 e. The summed E-state index contributed by atoms with van der Waals surface area (Å²) in [5.74, 6) is 0. The first-order valence-corrected chi connectivity index (χ1v) is 5.82. The monoisotopic (exact) mass is 241 g/mol. The van der Waals surface area contributed by atoms with Gasteiger partial charge in [-0.2, -0.15) is 10.9 Å². The molecule has 12 heavy (non-hydrogen) atoms. The summed E-state index contributed by atoms with van der Waals surface area (Å²) in [6.45, 7) is 0. The molecule has 1 aromatic heterocycles. The van der Waals surface area contributed by atoms with Gasteiger partial charge in [-0.15, -0.1) is 0 Å². The maximum absolute atomic E-state index is 4.32. The Balaban J connectivity index is 2.33. The highest BCUT2D eigenvalue weighted by molar-refractivity contribution is 9.14. The minimum absolute atomic E-state index is 0.315. The Morgan fingerprint density at radius 2 is 2.25 bits per heavy atom. The molecule has 1 atom stereocenters. The molecule has 0 aliphatic carbocycles. The normalized spacial score (nSPS) is 24.1. The van der Waals surface area contributed by atoms with Gasteiger partial charge in [0.1, 0.15) is 0 Å². The van der Waals surface area contributed by atoms with Gasteiger partial charge in [-0.1, -0.05) is 12.1 Å². The van der Waals surface area contributed by atoms with Crippen molar-refractivity contribution in [3.05, 3.63) is 45.8 Å². The van der Waals surface area contributed by atoms with Crippen LogP contribution in [0, 0.1) is 0 Å². The first kappa shape index (κ1) is 8.08. The molecule has 1 aromatic rings. The lowest BCUT2D eigenvalue weighted by atomic mass is 10.5. The highest BCUT2D eigenvalue weighted by atomic mass is 79.9. The van der Waals surface area contributed by atoms with Gasteiger partial charge >= 0.3 is 0 Å². The molecule has 2 heterocycles. The number of hydrogen-bond acceptors (Lipinski definition) is 1. The van der Waals surface area contributed by atoms with Gasteiger partial charge in [0.05, 0.1) is 5.03 Å². The van der Waals surface area contributed by atoms with E-state index in [0.29, 0.717) is 0 Å². The second kappa shape index (κ2) is 3.46. The molecule has 0 radical (unpaired) electrons. The Morgan fingerprint density at radius 1 is 1.33 bits per heavy atom. The minimum atomic E-state index is -0.315. The Labute approximate surface area is 82.7 Å². The third kappa shape index (κ3) is 1.47. The first-order chi connectivity index (χ1) is 5.88. The van der Waals surface area contributed by atoms with Crippen LogP contribution in [0.2, 0.25) is 0 Å². The summed E-state index contributed by atoms with van der Waals surface area (Å²) in [7, 11) is -0.315. The number of allylic oxidation sites excluding steroid dienone is 2. The first-order valence-electron chi connectivity index (χ1n) is 3.62. The number of hydrogen-bond donors (Lipinski definition) is 1. The van der Waals surface area contributed by atoms with Crippen molar-refractivity contribution in [2.45, 2.75) is 5.03 Å². The highest BCUT2D eigenvalue weighted by Crippen LogP contribution is 2.49. The smallest absolute Gasteiger partial charge is 0.0843 e. The van der Waals surface area contributed by atoms with E-state index in [-0.39, 0.29) is 10.9 Å². The van der Waals surface area contributed by atoms with Crippen molar-refractivity contribution in [1.29, 1.82) is 0 Å². The number of thiol groups is 1. The van der Waals surface area contributed by atoms with Crippen molar-refractivity contribution in [1.82, 2.24) is 4.98 Å². The average molecular weight is 242 g/mol. The lowest BCUT2D eigenvalue weighted by molar-refractivity contribution is 1.14. The molecular weight excluding hydrogens is 234 g/mol. The molecular formula is C9H8BrNS. The quantitative estimate of drug-likeness (QED) is 0.746. The van der Waals surface area contributed by atoms with E-state index >= 15 is 0 Å². The molecule has 0 amide bonds. The molecule has 0 saturated heterocycles. The number of pyridine rings is 1. The van der Waals surface area contributed by atoms with Crippen LogP contribution >= 0.6 is 26.8 Å².